The van der Waals surface area contributed by atoms with Crippen LogP contribution < -0.4 is 0 Å². The van der Waals surface area contributed by atoms with Crippen LogP contribution in [0.15, 0.2) is 0 Å². The van der Waals surface area contributed by atoms with E-state index >= 15 is 0 Å². The number of hydrogen-bond acceptors (Lipinski definition) is 7. The number of nitrogens with one attached hydrogen (secondary N) is 1. The summed E-state index contributed by atoms with van der Waals surface area (Å²) in [4.78, 5) is 0. The zero-order chi connectivity index (χ0) is 16.9. The van der Waals surface area contributed by atoms with Crippen molar-refractivity contribution in [3.05, 3.63) is 0 Å². The van der Waals surface area contributed by atoms with Gasteiger partial charge in [0, 0.05) is 28.4 Å². The lowest BCUT2D eigenvalue weighted by molar-refractivity contribution is -0.296. The Morgan fingerprint density at radius 3 is 1.95 bits per heavy atom. The van der Waals surface area contributed by atoms with Gasteiger partial charge in [-0.1, -0.05) is 34.8 Å². The molecule has 0 spiro atoms. The van der Waals surface area contributed by atoms with E-state index in [1.807, 2.05) is 0 Å². The Hall–Kier alpha value is 0.140. The van der Waals surface area contributed by atoms with E-state index in [9.17, 15) is 0 Å². The van der Waals surface area contributed by atoms with Crippen LogP contribution in [-0.2, 0) is 28.4 Å². The van der Waals surface area contributed by atoms with E-state index in [2.05, 4.69) is 0 Å². The van der Waals surface area contributed by atoms with Crippen molar-refractivity contribution in [2.24, 2.45) is 0 Å². The van der Waals surface area contributed by atoms with E-state index in [4.69, 9.17) is 68.6 Å². The summed E-state index contributed by atoms with van der Waals surface area (Å²) in [7, 11) is 6.02. The molecule has 1 N–H and O–H groups in total. The summed E-state index contributed by atoms with van der Waals surface area (Å²) in [5, 5.41) is 7.67. The first kappa shape index (κ1) is 20.2. The molecule has 0 unspecified atom stereocenters. The summed E-state index contributed by atoms with van der Waals surface area (Å²) >= 11 is 16.9. The molecule has 0 aliphatic carbocycles. The number of hydrogen-bond donors (Lipinski definition) is 1. The first-order valence-corrected chi connectivity index (χ1v) is 7.48. The molecule has 10 heteroatoms. The Kier molecular flexibility index (Phi) is 8.11. The highest BCUT2D eigenvalue weighted by Gasteiger charge is 2.49. The van der Waals surface area contributed by atoms with Crippen LogP contribution in [0.3, 0.4) is 0 Å². The van der Waals surface area contributed by atoms with Gasteiger partial charge in [-0.2, -0.15) is 0 Å². The molecule has 5 atom stereocenters. The normalized spacial score (nSPS) is 32.8. The second kappa shape index (κ2) is 8.84. The summed E-state index contributed by atoms with van der Waals surface area (Å²) in [6.07, 6.45) is -3.16. The standard InChI is InChI=1S/C12H20Cl3NO6/c1-17-5-6-7(18-2)8(19-3)9(20-4)10(21-6)22-11(16)12(13,14)15/h6-10,16H,5H2,1-4H3/t6-,7-,8+,9+,10-/m0/s1. The van der Waals surface area contributed by atoms with E-state index in [0.29, 0.717) is 0 Å². The minimum atomic E-state index is -2.00. The first-order chi connectivity index (χ1) is 10.3. The van der Waals surface area contributed by atoms with Gasteiger partial charge < -0.3 is 28.4 Å². The Labute approximate surface area is 144 Å². The van der Waals surface area contributed by atoms with Crippen LogP contribution in [-0.4, -0.2) is 75.4 Å². The molecule has 1 aliphatic heterocycles. The third kappa shape index (κ3) is 4.82. The van der Waals surface area contributed by atoms with Gasteiger partial charge in [0.25, 0.3) is 3.79 Å². The molecule has 0 aromatic rings. The van der Waals surface area contributed by atoms with Gasteiger partial charge >= 0.3 is 0 Å². The molecular weight excluding hydrogens is 360 g/mol. The predicted molar refractivity (Wildman–Crippen MR) is 82.0 cm³/mol. The van der Waals surface area contributed by atoms with Crippen molar-refractivity contribution >= 4 is 40.7 Å². The second-order valence-electron chi connectivity index (χ2n) is 4.54. The maximum absolute atomic E-state index is 7.67. The topological polar surface area (TPSA) is 79.2 Å². The summed E-state index contributed by atoms with van der Waals surface area (Å²) in [6.45, 7) is 0.232. The SMILES string of the molecule is COC[C@@H]1O[C@@H](OC(=N)C(Cl)(Cl)Cl)[C@H](OC)[C@H](OC)[C@H]1OC. The van der Waals surface area contributed by atoms with Crippen LogP contribution in [0, 0.1) is 5.41 Å². The first-order valence-electron chi connectivity index (χ1n) is 6.35. The van der Waals surface area contributed by atoms with Gasteiger partial charge in [0.1, 0.15) is 24.4 Å². The fourth-order valence-electron chi connectivity index (χ4n) is 2.26. The molecule has 130 valence electrons. The van der Waals surface area contributed by atoms with Gasteiger partial charge in [0.2, 0.25) is 12.2 Å². The van der Waals surface area contributed by atoms with Crippen molar-refractivity contribution in [1.29, 1.82) is 5.41 Å². The summed E-state index contributed by atoms with van der Waals surface area (Å²) in [6, 6.07) is 0. The Morgan fingerprint density at radius 1 is 1.00 bits per heavy atom. The van der Waals surface area contributed by atoms with Crippen LogP contribution in [0.4, 0.5) is 0 Å². The van der Waals surface area contributed by atoms with Gasteiger partial charge in [-0.15, -0.1) is 0 Å². The third-order valence-corrected chi connectivity index (χ3v) is 3.75. The number of methoxy groups -OCH3 is 4. The number of rotatable bonds is 6. The highest BCUT2D eigenvalue weighted by molar-refractivity contribution is 6.76. The smallest absolute Gasteiger partial charge is 0.265 e. The second-order valence-corrected chi connectivity index (χ2v) is 6.83. The van der Waals surface area contributed by atoms with Crippen LogP contribution in [0.5, 0.6) is 0 Å². The number of alkyl halides is 3. The maximum atomic E-state index is 7.67. The molecule has 1 saturated heterocycles. The average Bonchev–Trinajstić information content (AvgIpc) is 2.45. The molecule has 0 amide bonds. The summed E-state index contributed by atoms with van der Waals surface area (Å²) < 4.78 is 30.4. The Balaban J connectivity index is 2.96. The lowest BCUT2D eigenvalue weighted by atomic mass is 9.98. The molecule has 0 saturated carbocycles. The van der Waals surface area contributed by atoms with Crippen molar-refractivity contribution in [2.45, 2.75) is 34.5 Å². The average molecular weight is 381 g/mol. The fraction of sp³-hybridized carbons (Fsp3) is 0.917. The maximum Gasteiger partial charge on any atom is 0.265 e. The van der Waals surface area contributed by atoms with Crippen molar-refractivity contribution in [1.82, 2.24) is 0 Å². The lowest BCUT2D eigenvalue weighted by Gasteiger charge is -2.44. The van der Waals surface area contributed by atoms with E-state index in [1.165, 1.54) is 28.4 Å². The minimum absolute atomic E-state index is 0.232. The van der Waals surface area contributed by atoms with Crippen LogP contribution >= 0.6 is 34.8 Å². The summed E-state index contributed by atoms with van der Waals surface area (Å²) in [5.74, 6) is -0.577. The zero-order valence-corrected chi connectivity index (χ0v) is 14.9. The monoisotopic (exact) mass is 379 g/mol. The van der Waals surface area contributed by atoms with Crippen molar-refractivity contribution < 1.29 is 28.4 Å². The highest BCUT2D eigenvalue weighted by Crippen LogP contribution is 2.32. The van der Waals surface area contributed by atoms with Crippen LogP contribution in [0.25, 0.3) is 0 Å². The highest BCUT2D eigenvalue weighted by atomic mass is 35.6. The predicted octanol–water partition coefficient (Wildman–Crippen LogP) is 1.77. The van der Waals surface area contributed by atoms with Crippen molar-refractivity contribution in [3.8, 4) is 0 Å². The fourth-order valence-corrected chi connectivity index (χ4v) is 2.39. The molecule has 0 aromatic carbocycles. The van der Waals surface area contributed by atoms with E-state index < -0.39 is 40.4 Å². The Morgan fingerprint density at radius 2 is 1.55 bits per heavy atom. The molecule has 1 heterocycles. The van der Waals surface area contributed by atoms with E-state index in [-0.39, 0.29) is 6.61 Å². The molecule has 1 rings (SSSR count). The molecule has 0 bridgehead atoms. The molecule has 1 fully saturated rings. The molecule has 1 aliphatic rings. The van der Waals surface area contributed by atoms with Gasteiger partial charge in [-0.25, -0.2) is 0 Å². The number of ether oxygens (including phenoxy) is 6. The molecular formula is C12H20Cl3NO6. The minimum Gasteiger partial charge on any atom is -0.445 e. The van der Waals surface area contributed by atoms with Gasteiger partial charge in [-0.05, 0) is 0 Å². The van der Waals surface area contributed by atoms with Crippen LogP contribution in [0.2, 0.25) is 0 Å². The van der Waals surface area contributed by atoms with E-state index in [1.54, 1.807) is 0 Å². The van der Waals surface area contributed by atoms with Gasteiger partial charge in [0.05, 0.1) is 6.61 Å². The summed E-state index contributed by atoms with van der Waals surface area (Å²) in [5.41, 5.74) is 0. The van der Waals surface area contributed by atoms with Crippen LogP contribution in [0.1, 0.15) is 0 Å². The van der Waals surface area contributed by atoms with Crippen molar-refractivity contribution in [3.63, 3.8) is 0 Å². The van der Waals surface area contributed by atoms with Crippen molar-refractivity contribution in [2.75, 3.05) is 35.0 Å². The zero-order valence-electron chi connectivity index (χ0n) is 12.7. The van der Waals surface area contributed by atoms with Gasteiger partial charge in [0.15, 0.2) is 0 Å². The number of halogens is 3. The van der Waals surface area contributed by atoms with Gasteiger partial charge in [-0.3, -0.25) is 5.41 Å². The Bertz CT molecular complexity index is 367. The molecule has 0 radical (unpaired) electrons. The molecule has 22 heavy (non-hydrogen) atoms. The third-order valence-electron chi connectivity index (χ3n) is 3.23. The molecule has 7 nitrogen and oxygen atoms in total. The lowest BCUT2D eigenvalue weighted by Crippen LogP contribution is -2.61. The van der Waals surface area contributed by atoms with E-state index in [0.717, 1.165) is 0 Å². The molecule has 0 aromatic heterocycles. The largest absolute Gasteiger partial charge is 0.445 e. The quantitative estimate of drug-likeness (QED) is 0.430.